The predicted octanol–water partition coefficient (Wildman–Crippen LogP) is 2.65. The van der Waals surface area contributed by atoms with Gasteiger partial charge in [0, 0.05) is 18.1 Å². The van der Waals surface area contributed by atoms with E-state index >= 15 is 0 Å². The first kappa shape index (κ1) is 14.2. The third-order valence-electron chi connectivity index (χ3n) is 2.42. The van der Waals surface area contributed by atoms with Gasteiger partial charge in [-0.25, -0.2) is 4.98 Å². The molecule has 0 radical (unpaired) electrons. The lowest BCUT2D eigenvalue weighted by Gasteiger charge is -2.05. The molecule has 0 saturated carbocycles. The molecule has 8 heteroatoms. The van der Waals surface area contributed by atoms with Crippen LogP contribution in [0.1, 0.15) is 25.5 Å². The Balaban J connectivity index is 1.93. The number of thiazole rings is 1. The number of nitrogens with zero attached hydrogens (tertiary/aromatic N) is 3. The van der Waals surface area contributed by atoms with Crippen LogP contribution in [0.15, 0.2) is 16.7 Å². The van der Waals surface area contributed by atoms with Gasteiger partial charge in [0.1, 0.15) is 5.69 Å². The van der Waals surface area contributed by atoms with Gasteiger partial charge in [-0.05, 0) is 18.6 Å². The van der Waals surface area contributed by atoms with E-state index in [-0.39, 0.29) is 0 Å². The molecule has 0 fully saturated rings. The van der Waals surface area contributed by atoms with Gasteiger partial charge in [-0.3, -0.25) is 9.83 Å². The largest absolute Gasteiger partial charge is 0.361 e. The zero-order valence-electron chi connectivity index (χ0n) is 10.4. The van der Waals surface area contributed by atoms with Gasteiger partial charge in [-0.1, -0.05) is 24.9 Å². The highest BCUT2D eigenvalue weighted by atomic mass is 35.5. The molecule has 0 bridgehead atoms. The number of hydrogen-bond acceptors (Lipinski definition) is 4. The van der Waals surface area contributed by atoms with Gasteiger partial charge >= 0.3 is 0 Å². The molecule has 0 unspecified atom stereocenters. The molecule has 0 saturated heterocycles. The van der Waals surface area contributed by atoms with Crippen molar-refractivity contribution >= 4 is 51.4 Å². The van der Waals surface area contributed by atoms with E-state index in [0.29, 0.717) is 10.3 Å². The smallest absolute Gasteiger partial charge is 0.195 e. The molecule has 2 rings (SSSR count). The Morgan fingerprint density at radius 2 is 2.53 bits per heavy atom. The maximum Gasteiger partial charge on any atom is 0.195 e. The molecule has 2 heterocycles. The van der Waals surface area contributed by atoms with Crippen molar-refractivity contribution < 1.29 is 0 Å². The molecule has 0 aliphatic rings. The SMILES string of the molecule is CCCCNC(=S)N/N=C/c1c(Cl)nc2sccn12. The fourth-order valence-electron chi connectivity index (χ4n) is 1.46. The average Bonchev–Trinajstić information content (AvgIpc) is 2.92. The summed E-state index contributed by atoms with van der Waals surface area (Å²) in [7, 11) is 0. The van der Waals surface area contributed by atoms with E-state index in [1.807, 2.05) is 16.0 Å². The highest BCUT2D eigenvalue weighted by Gasteiger charge is 2.08. The number of fused-ring (bicyclic) bond motifs is 1. The first-order valence-electron chi connectivity index (χ1n) is 5.90. The molecule has 102 valence electrons. The second-order valence-electron chi connectivity index (χ2n) is 3.82. The van der Waals surface area contributed by atoms with Crippen LogP contribution in [0.25, 0.3) is 4.96 Å². The maximum absolute atomic E-state index is 6.03. The highest BCUT2D eigenvalue weighted by molar-refractivity contribution is 7.80. The van der Waals surface area contributed by atoms with E-state index < -0.39 is 0 Å². The lowest BCUT2D eigenvalue weighted by Crippen LogP contribution is -2.32. The molecule has 2 aromatic rings. The summed E-state index contributed by atoms with van der Waals surface area (Å²) >= 11 is 12.6. The summed E-state index contributed by atoms with van der Waals surface area (Å²) in [6, 6.07) is 0. The number of nitrogens with one attached hydrogen (secondary N) is 2. The van der Waals surface area contributed by atoms with E-state index in [1.165, 1.54) is 11.3 Å². The Bertz CT molecular complexity index is 589. The minimum atomic E-state index is 0.433. The van der Waals surface area contributed by atoms with E-state index in [9.17, 15) is 0 Å². The standard InChI is InChI=1S/C11H14ClN5S2/c1-2-3-4-13-10(18)16-14-7-8-9(12)15-11-17(8)5-6-19-11/h5-7H,2-4H2,1H3,(H2,13,16,18)/b14-7+. The number of halogens is 1. The van der Waals surface area contributed by atoms with Crippen LogP contribution >= 0.6 is 35.2 Å². The summed E-state index contributed by atoms with van der Waals surface area (Å²) in [5.41, 5.74) is 3.50. The summed E-state index contributed by atoms with van der Waals surface area (Å²) in [5, 5.41) is 10.0. The van der Waals surface area contributed by atoms with Gasteiger partial charge in [-0.15, -0.1) is 11.3 Å². The number of hydrogen-bond donors (Lipinski definition) is 2. The Morgan fingerprint density at radius 1 is 1.68 bits per heavy atom. The molecular formula is C11H14ClN5S2. The van der Waals surface area contributed by atoms with Crippen molar-refractivity contribution in [3.8, 4) is 0 Å². The average molecular weight is 316 g/mol. The van der Waals surface area contributed by atoms with Gasteiger partial charge in [0.2, 0.25) is 0 Å². The molecule has 0 aliphatic heterocycles. The third kappa shape index (κ3) is 3.65. The van der Waals surface area contributed by atoms with E-state index in [1.54, 1.807) is 6.21 Å². The monoisotopic (exact) mass is 315 g/mol. The van der Waals surface area contributed by atoms with E-state index in [4.69, 9.17) is 23.8 Å². The molecule has 19 heavy (non-hydrogen) atoms. The molecule has 0 aliphatic carbocycles. The van der Waals surface area contributed by atoms with E-state index in [2.05, 4.69) is 27.8 Å². The normalized spacial score (nSPS) is 11.3. The summed E-state index contributed by atoms with van der Waals surface area (Å²) < 4.78 is 1.88. The Morgan fingerprint density at radius 3 is 3.32 bits per heavy atom. The number of imidazole rings is 1. The lowest BCUT2D eigenvalue weighted by atomic mass is 10.3. The van der Waals surface area contributed by atoms with Crippen LogP contribution in [0.4, 0.5) is 0 Å². The first-order chi connectivity index (χ1) is 9.22. The van der Waals surface area contributed by atoms with Crippen molar-refractivity contribution in [3.05, 3.63) is 22.4 Å². The van der Waals surface area contributed by atoms with Crippen molar-refractivity contribution in [1.29, 1.82) is 0 Å². The minimum absolute atomic E-state index is 0.433. The summed E-state index contributed by atoms with van der Waals surface area (Å²) in [5.74, 6) is 0. The van der Waals surface area contributed by atoms with Crippen molar-refractivity contribution in [2.75, 3.05) is 6.54 Å². The van der Waals surface area contributed by atoms with Crippen LogP contribution in [-0.4, -0.2) is 27.3 Å². The number of aromatic nitrogens is 2. The number of hydrazone groups is 1. The van der Waals surface area contributed by atoms with Crippen molar-refractivity contribution in [1.82, 2.24) is 20.1 Å². The Labute approximate surface area is 125 Å². The van der Waals surface area contributed by atoms with Crippen molar-refractivity contribution in [2.45, 2.75) is 19.8 Å². The second-order valence-corrected chi connectivity index (χ2v) is 5.46. The van der Waals surface area contributed by atoms with Crippen LogP contribution in [-0.2, 0) is 0 Å². The second kappa shape index (κ2) is 6.83. The fourth-order valence-corrected chi connectivity index (χ4v) is 2.61. The molecule has 2 aromatic heterocycles. The quantitative estimate of drug-likeness (QED) is 0.385. The zero-order chi connectivity index (χ0) is 13.7. The van der Waals surface area contributed by atoms with E-state index in [0.717, 1.165) is 30.0 Å². The summed E-state index contributed by atoms with van der Waals surface area (Å²) in [6.07, 6.45) is 5.72. The molecule has 2 N–H and O–H groups in total. The van der Waals surface area contributed by atoms with Gasteiger partial charge in [0.05, 0.1) is 6.21 Å². The van der Waals surface area contributed by atoms with Gasteiger partial charge in [0.25, 0.3) is 0 Å². The van der Waals surface area contributed by atoms with Crippen LogP contribution in [0.2, 0.25) is 5.15 Å². The predicted molar refractivity (Wildman–Crippen MR) is 84.3 cm³/mol. The van der Waals surface area contributed by atoms with Gasteiger partial charge < -0.3 is 5.32 Å². The first-order valence-corrected chi connectivity index (χ1v) is 7.57. The van der Waals surface area contributed by atoms with Gasteiger partial charge in [0.15, 0.2) is 15.2 Å². The molecular weight excluding hydrogens is 302 g/mol. The van der Waals surface area contributed by atoms with Crippen LogP contribution < -0.4 is 10.7 Å². The lowest BCUT2D eigenvalue weighted by molar-refractivity contribution is 0.745. The van der Waals surface area contributed by atoms with Gasteiger partial charge in [-0.2, -0.15) is 5.10 Å². The molecule has 0 atom stereocenters. The fraction of sp³-hybridized carbons (Fsp3) is 0.364. The molecule has 0 spiro atoms. The zero-order valence-corrected chi connectivity index (χ0v) is 12.8. The topological polar surface area (TPSA) is 53.7 Å². The Kier molecular flexibility index (Phi) is 5.12. The number of thiocarbonyl (C=S) groups is 1. The maximum atomic E-state index is 6.03. The number of unbranched alkanes of at least 4 members (excludes halogenated alkanes) is 1. The van der Waals surface area contributed by atoms with Crippen LogP contribution in [0.5, 0.6) is 0 Å². The molecule has 0 amide bonds. The number of rotatable bonds is 5. The van der Waals surface area contributed by atoms with Crippen molar-refractivity contribution in [2.24, 2.45) is 5.10 Å². The summed E-state index contributed by atoms with van der Waals surface area (Å²) in [6.45, 7) is 2.98. The highest BCUT2D eigenvalue weighted by Crippen LogP contribution is 2.19. The summed E-state index contributed by atoms with van der Waals surface area (Å²) in [4.78, 5) is 5.05. The Hall–Kier alpha value is -1.18. The third-order valence-corrected chi connectivity index (χ3v) is 3.69. The minimum Gasteiger partial charge on any atom is -0.361 e. The van der Waals surface area contributed by atoms with Crippen molar-refractivity contribution in [3.63, 3.8) is 0 Å². The molecule has 0 aromatic carbocycles. The van der Waals surface area contributed by atoms with Crippen LogP contribution in [0.3, 0.4) is 0 Å². The molecule has 5 nitrogen and oxygen atoms in total. The van der Waals surface area contributed by atoms with Crippen LogP contribution in [0, 0.1) is 0 Å².